The van der Waals surface area contributed by atoms with Crippen LogP contribution < -0.4 is 9.47 Å². The average molecular weight is 339 g/mol. The van der Waals surface area contributed by atoms with Crippen LogP contribution >= 0.6 is 15.9 Å². The molecular formula is C16H19BrO3. The number of rotatable bonds is 4. The third kappa shape index (κ3) is 2.24. The Balaban J connectivity index is 1.88. The van der Waals surface area contributed by atoms with Crippen molar-refractivity contribution in [2.45, 2.75) is 25.7 Å². The first kappa shape index (κ1) is 13.9. The molecule has 2 fully saturated rings. The van der Waals surface area contributed by atoms with Gasteiger partial charge in [-0.1, -0.05) is 12.8 Å². The number of methoxy groups -OCH3 is 2. The zero-order valence-corrected chi connectivity index (χ0v) is 13.4. The molecule has 0 aromatic heterocycles. The van der Waals surface area contributed by atoms with Crippen molar-refractivity contribution in [2.24, 2.45) is 17.8 Å². The number of ketones is 1. The highest BCUT2D eigenvalue weighted by Gasteiger charge is 2.54. The fourth-order valence-corrected chi connectivity index (χ4v) is 4.12. The summed E-state index contributed by atoms with van der Waals surface area (Å²) in [5.74, 6) is 2.99. The molecule has 1 aromatic rings. The van der Waals surface area contributed by atoms with E-state index in [9.17, 15) is 4.79 Å². The molecule has 108 valence electrons. The normalized spacial score (nSPS) is 27.6. The Morgan fingerprint density at radius 2 is 1.65 bits per heavy atom. The Kier molecular flexibility index (Phi) is 3.76. The quantitative estimate of drug-likeness (QED) is 0.776. The second kappa shape index (κ2) is 5.40. The molecule has 1 aromatic carbocycles. The Bertz CT molecular complexity index is 529. The fraction of sp³-hybridized carbons (Fsp3) is 0.562. The predicted octanol–water partition coefficient (Wildman–Crippen LogP) is 4.09. The van der Waals surface area contributed by atoms with E-state index in [1.807, 2.05) is 6.07 Å². The molecule has 3 nitrogen and oxygen atoms in total. The molecule has 0 N–H and O–H groups in total. The topological polar surface area (TPSA) is 35.5 Å². The van der Waals surface area contributed by atoms with Crippen LogP contribution in [0.1, 0.15) is 36.0 Å². The van der Waals surface area contributed by atoms with E-state index in [2.05, 4.69) is 15.9 Å². The van der Waals surface area contributed by atoms with Gasteiger partial charge in [-0.3, -0.25) is 4.79 Å². The summed E-state index contributed by atoms with van der Waals surface area (Å²) >= 11 is 3.49. The standard InChI is InChI=1S/C16H19BrO3/c1-19-13-7-11(12(17)8-14(13)20-2)16(18)15-9-5-3-4-6-10(9)15/h7-10,15H,3-6H2,1-2H3. The summed E-state index contributed by atoms with van der Waals surface area (Å²) in [5.41, 5.74) is 0.724. The first-order valence-electron chi connectivity index (χ1n) is 7.13. The predicted molar refractivity (Wildman–Crippen MR) is 80.5 cm³/mol. The number of carbonyl (C=O) groups excluding carboxylic acids is 1. The number of halogens is 1. The number of ether oxygens (including phenoxy) is 2. The van der Waals surface area contributed by atoms with Gasteiger partial charge in [0.25, 0.3) is 0 Å². The van der Waals surface area contributed by atoms with Crippen LogP contribution in [0.3, 0.4) is 0 Å². The van der Waals surface area contributed by atoms with E-state index in [1.165, 1.54) is 25.7 Å². The first-order valence-corrected chi connectivity index (χ1v) is 7.92. The van der Waals surface area contributed by atoms with Gasteiger partial charge in [-0.25, -0.2) is 0 Å². The minimum atomic E-state index is 0.229. The van der Waals surface area contributed by atoms with Crippen LogP contribution in [0.25, 0.3) is 0 Å². The van der Waals surface area contributed by atoms with Crippen LogP contribution in [0.5, 0.6) is 11.5 Å². The smallest absolute Gasteiger partial charge is 0.167 e. The van der Waals surface area contributed by atoms with Gasteiger partial charge in [-0.2, -0.15) is 0 Å². The molecule has 2 aliphatic carbocycles. The zero-order valence-electron chi connectivity index (χ0n) is 11.8. The van der Waals surface area contributed by atoms with E-state index in [4.69, 9.17) is 9.47 Å². The van der Waals surface area contributed by atoms with Gasteiger partial charge in [0.2, 0.25) is 0 Å². The largest absolute Gasteiger partial charge is 0.493 e. The van der Waals surface area contributed by atoms with Crippen LogP contribution in [0.15, 0.2) is 16.6 Å². The molecule has 20 heavy (non-hydrogen) atoms. The molecule has 2 aliphatic rings. The summed E-state index contributed by atoms with van der Waals surface area (Å²) in [4.78, 5) is 12.7. The molecule has 0 spiro atoms. The maximum atomic E-state index is 12.7. The van der Waals surface area contributed by atoms with Crippen molar-refractivity contribution in [3.63, 3.8) is 0 Å². The van der Waals surface area contributed by atoms with E-state index >= 15 is 0 Å². The number of hydrogen-bond acceptors (Lipinski definition) is 3. The van der Waals surface area contributed by atoms with Gasteiger partial charge in [0.1, 0.15) is 0 Å². The third-order valence-corrected chi connectivity index (χ3v) is 5.35. The molecule has 2 unspecified atom stereocenters. The number of Topliss-reactive ketones (excluding diaryl/α,β-unsaturated/α-hetero) is 1. The van der Waals surface area contributed by atoms with Crippen molar-refractivity contribution in [1.29, 1.82) is 0 Å². The van der Waals surface area contributed by atoms with Crippen molar-refractivity contribution in [2.75, 3.05) is 14.2 Å². The molecule has 0 radical (unpaired) electrons. The first-order chi connectivity index (χ1) is 9.67. The highest BCUT2D eigenvalue weighted by Crippen LogP contribution is 2.57. The molecule has 2 atom stereocenters. The number of hydrogen-bond donors (Lipinski definition) is 0. The van der Waals surface area contributed by atoms with Crippen molar-refractivity contribution >= 4 is 21.7 Å². The van der Waals surface area contributed by atoms with Crippen LogP contribution in [-0.2, 0) is 0 Å². The SMILES string of the molecule is COc1cc(Br)c(C(=O)C2C3CCCCC32)cc1OC. The monoisotopic (exact) mass is 338 g/mol. The van der Waals surface area contributed by atoms with Crippen LogP contribution in [0.2, 0.25) is 0 Å². The molecule has 0 aliphatic heterocycles. The van der Waals surface area contributed by atoms with Gasteiger partial charge in [-0.05, 0) is 52.7 Å². The van der Waals surface area contributed by atoms with Gasteiger partial charge < -0.3 is 9.47 Å². The number of fused-ring (bicyclic) bond motifs is 1. The summed E-state index contributed by atoms with van der Waals surface area (Å²) in [6, 6.07) is 3.62. The van der Waals surface area contributed by atoms with E-state index in [1.54, 1.807) is 20.3 Å². The van der Waals surface area contributed by atoms with Crippen molar-refractivity contribution < 1.29 is 14.3 Å². The molecule has 0 heterocycles. The van der Waals surface area contributed by atoms with Crippen LogP contribution in [0, 0.1) is 17.8 Å². The lowest BCUT2D eigenvalue weighted by Crippen LogP contribution is -2.06. The van der Waals surface area contributed by atoms with Crippen molar-refractivity contribution in [3.05, 3.63) is 22.2 Å². The summed E-state index contributed by atoms with van der Waals surface area (Å²) in [7, 11) is 3.19. The molecule has 0 bridgehead atoms. The summed E-state index contributed by atoms with van der Waals surface area (Å²) in [6.45, 7) is 0. The fourth-order valence-electron chi connectivity index (χ4n) is 3.60. The Hall–Kier alpha value is -1.03. The van der Waals surface area contributed by atoms with Gasteiger partial charge >= 0.3 is 0 Å². The molecule has 3 rings (SSSR count). The minimum absolute atomic E-state index is 0.229. The van der Waals surface area contributed by atoms with Gasteiger partial charge in [-0.15, -0.1) is 0 Å². The zero-order chi connectivity index (χ0) is 14.3. The van der Waals surface area contributed by atoms with Crippen molar-refractivity contribution in [1.82, 2.24) is 0 Å². The number of carbonyl (C=O) groups is 1. The summed E-state index contributed by atoms with van der Waals surface area (Å²) < 4.78 is 11.4. The highest BCUT2D eigenvalue weighted by atomic mass is 79.9. The summed E-state index contributed by atoms with van der Waals surface area (Å²) in [6.07, 6.45) is 4.98. The van der Waals surface area contributed by atoms with Gasteiger partial charge in [0.15, 0.2) is 17.3 Å². The second-order valence-electron chi connectivity index (χ2n) is 5.69. The minimum Gasteiger partial charge on any atom is -0.493 e. The molecule has 2 saturated carbocycles. The lowest BCUT2D eigenvalue weighted by Gasteiger charge is -2.11. The van der Waals surface area contributed by atoms with Gasteiger partial charge in [0, 0.05) is 16.0 Å². The Morgan fingerprint density at radius 3 is 2.20 bits per heavy atom. The lowest BCUT2D eigenvalue weighted by atomic mass is 10.0. The average Bonchev–Trinajstić information content (AvgIpc) is 3.20. The Morgan fingerprint density at radius 1 is 1.10 bits per heavy atom. The van der Waals surface area contributed by atoms with Crippen molar-refractivity contribution in [3.8, 4) is 11.5 Å². The highest BCUT2D eigenvalue weighted by molar-refractivity contribution is 9.10. The van der Waals surface area contributed by atoms with Gasteiger partial charge in [0.05, 0.1) is 14.2 Å². The third-order valence-electron chi connectivity index (χ3n) is 4.70. The van der Waals surface area contributed by atoms with E-state index in [0.717, 1.165) is 10.0 Å². The lowest BCUT2D eigenvalue weighted by molar-refractivity contribution is 0.0955. The summed E-state index contributed by atoms with van der Waals surface area (Å²) in [5, 5.41) is 0. The molecule has 0 amide bonds. The van der Waals surface area contributed by atoms with E-state index in [-0.39, 0.29) is 11.7 Å². The van der Waals surface area contributed by atoms with Crippen LogP contribution in [-0.4, -0.2) is 20.0 Å². The Labute approximate surface area is 127 Å². The molecule has 0 saturated heterocycles. The van der Waals surface area contributed by atoms with Crippen LogP contribution in [0.4, 0.5) is 0 Å². The molecular weight excluding hydrogens is 320 g/mol. The van der Waals surface area contributed by atoms with E-state index in [0.29, 0.717) is 23.3 Å². The number of benzene rings is 1. The maximum absolute atomic E-state index is 12.7. The maximum Gasteiger partial charge on any atom is 0.167 e. The molecule has 4 heteroatoms. The van der Waals surface area contributed by atoms with E-state index < -0.39 is 0 Å². The second-order valence-corrected chi connectivity index (χ2v) is 6.54.